The molecular formula is C21H24N4O3. The lowest BCUT2D eigenvalue weighted by molar-refractivity contribution is -0.117. The second kappa shape index (κ2) is 7.80. The lowest BCUT2D eigenvalue weighted by Gasteiger charge is -2.18. The summed E-state index contributed by atoms with van der Waals surface area (Å²) in [6, 6.07) is 12.4. The second-order valence-electron chi connectivity index (χ2n) is 7.70. The smallest absolute Gasteiger partial charge is 0.349 e. The van der Waals surface area contributed by atoms with Crippen molar-refractivity contribution >= 4 is 17.3 Å². The summed E-state index contributed by atoms with van der Waals surface area (Å²) in [7, 11) is 0. The van der Waals surface area contributed by atoms with Crippen molar-refractivity contribution in [1.82, 2.24) is 19.5 Å². The van der Waals surface area contributed by atoms with E-state index < -0.39 is 11.7 Å². The number of Topliss-reactive ketones (excluding diaryl/α,β-unsaturated/α-hetero) is 1. The van der Waals surface area contributed by atoms with E-state index in [1.807, 2.05) is 18.2 Å². The molecule has 146 valence electrons. The fourth-order valence-electron chi connectivity index (χ4n) is 2.88. The van der Waals surface area contributed by atoms with Crippen LogP contribution < -0.4 is 11.0 Å². The van der Waals surface area contributed by atoms with Gasteiger partial charge >= 0.3 is 5.69 Å². The average Bonchev–Trinajstić information content (AvgIpc) is 3.00. The summed E-state index contributed by atoms with van der Waals surface area (Å²) in [5.41, 5.74) is 1.80. The van der Waals surface area contributed by atoms with Crippen LogP contribution in [0, 0.1) is 0 Å². The summed E-state index contributed by atoms with van der Waals surface area (Å²) in [5, 5.41) is 6.84. The minimum atomic E-state index is -0.647. The maximum atomic E-state index is 12.3. The van der Waals surface area contributed by atoms with Crippen molar-refractivity contribution in [3.05, 3.63) is 70.3 Å². The van der Waals surface area contributed by atoms with E-state index in [4.69, 9.17) is 0 Å². The van der Waals surface area contributed by atoms with Crippen LogP contribution in [0.5, 0.6) is 0 Å². The quantitative estimate of drug-likeness (QED) is 0.403. The van der Waals surface area contributed by atoms with Gasteiger partial charge in [-0.15, -0.1) is 5.10 Å². The Bertz CT molecular complexity index is 1060. The zero-order chi connectivity index (χ0) is 20.3. The predicted octanol–water partition coefficient (Wildman–Crippen LogP) is 2.18. The van der Waals surface area contributed by atoms with Crippen LogP contribution in [0.15, 0.2) is 53.5 Å². The Morgan fingerprint density at radius 1 is 1.07 bits per heavy atom. The number of aromatic nitrogens is 3. The summed E-state index contributed by atoms with van der Waals surface area (Å²) in [6.07, 6.45) is 2.15. The largest absolute Gasteiger partial charge is 0.350 e. The number of nitrogens with one attached hydrogen (secondary N) is 1. The molecule has 0 unspecified atom stereocenters. The van der Waals surface area contributed by atoms with E-state index in [1.54, 1.807) is 30.5 Å². The zero-order valence-electron chi connectivity index (χ0n) is 16.3. The molecule has 1 aromatic carbocycles. The van der Waals surface area contributed by atoms with E-state index in [2.05, 4.69) is 31.2 Å². The fraction of sp³-hybridized carbons (Fsp3) is 0.333. The van der Waals surface area contributed by atoms with E-state index in [-0.39, 0.29) is 17.6 Å². The molecule has 2 aromatic heterocycles. The summed E-state index contributed by atoms with van der Waals surface area (Å²) >= 11 is 0. The summed E-state index contributed by atoms with van der Waals surface area (Å²) < 4.78 is 2.82. The number of aryl methyl sites for hydroxylation is 1. The molecule has 7 heteroatoms. The summed E-state index contributed by atoms with van der Waals surface area (Å²) in [6.45, 7) is 6.90. The first-order chi connectivity index (χ1) is 13.3. The fourth-order valence-corrected chi connectivity index (χ4v) is 2.88. The van der Waals surface area contributed by atoms with E-state index >= 15 is 0 Å². The van der Waals surface area contributed by atoms with E-state index in [0.717, 1.165) is 5.56 Å². The zero-order valence-corrected chi connectivity index (χ0v) is 16.3. The highest BCUT2D eigenvalue weighted by Gasteiger charge is 2.18. The monoisotopic (exact) mass is 380 g/mol. The Hall–Kier alpha value is -3.22. The minimum Gasteiger partial charge on any atom is -0.349 e. The molecule has 0 aliphatic rings. The van der Waals surface area contributed by atoms with Crippen molar-refractivity contribution in [2.24, 2.45) is 0 Å². The molecule has 0 radical (unpaired) electrons. The average molecular weight is 380 g/mol. The number of benzene rings is 1. The molecule has 0 atom stereocenters. The molecule has 0 aliphatic heterocycles. The molecule has 0 spiro atoms. The van der Waals surface area contributed by atoms with Crippen LogP contribution in [-0.2, 0) is 16.8 Å². The lowest BCUT2D eigenvalue weighted by Crippen LogP contribution is -2.33. The summed E-state index contributed by atoms with van der Waals surface area (Å²) in [5.74, 6) is -1.21. The first-order valence-corrected chi connectivity index (χ1v) is 9.24. The van der Waals surface area contributed by atoms with Gasteiger partial charge < -0.3 is 5.32 Å². The third-order valence-electron chi connectivity index (χ3n) is 4.54. The highest BCUT2D eigenvalue weighted by Crippen LogP contribution is 2.22. The third-order valence-corrected chi connectivity index (χ3v) is 4.54. The molecule has 7 nitrogen and oxygen atoms in total. The molecule has 3 rings (SSSR count). The number of fused-ring (bicyclic) bond motifs is 1. The molecule has 0 bridgehead atoms. The van der Waals surface area contributed by atoms with Gasteiger partial charge in [0.15, 0.2) is 5.65 Å². The minimum absolute atomic E-state index is 0.0140. The van der Waals surface area contributed by atoms with Crippen molar-refractivity contribution < 1.29 is 9.59 Å². The molecule has 2 heterocycles. The first-order valence-electron chi connectivity index (χ1n) is 9.24. The van der Waals surface area contributed by atoms with E-state index in [1.165, 1.54) is 9.08 Å². The Balaban J connectivity index is 1.53. The van der Waals surface area contributed by atoms with Gasteiger partial charge in [-0.25, -0.2) is 9.48 Å². The molecule has 0 saturated carbocycles. The van der Waals surface area contributed by atoms with Crippen molar-refractivity contribution in [3.63, 3.8) is 0 Å². The van der Waals surface area contributed by atoms with Gasteiger partial charge in [-0.1, -0.05) is 51.1 Å². The normalized spacial score (nSPS) is 11.5. The van der Waals surface area contributed by atoms with Crippen LogP contribution in [-0.4, -0.2) is 32.4 Å². The molecule has 0 aliphatic carbocycles. The summed E-state index contributed by atoms with van der Waals surface area (Å²) in [4.78, 5) is 36.5. The molecule has 1 amide bonds. The van der Waals surface area contributed by atoms with Crippen LogP contribution >= 0.6 is 0 Å². The number of ketones is 1. The van der Waals surface area contributed by atoms with E-state index in [0.29, 0.717) is 24.2 Å². The van der Waals surface area contributed by atoms with Gasteiger partial charge in [0, 0.05) is 24.8 Å². The number of hydrogen-bond acceptors (Lipinski definition) is 4. The van der Waals surface area contributed by atoms with Gasteiger partial charge in [-0.2, -0.15) is 0 Å². The Labute approximate surface area is 163 Å². The van der Waals surface area contributed by atoms with E-state index in [9.17, 15) is 14.4 Å². The van der Waals surface area contributed by atoms with Gasteiger partial charge in [-0.05, 0) is 29.5 Å². The van der Waals surface area contributed by atoms with Crippen LogP contribution in [0.2, 0.25) is 0 Å². The topological polar surface area (TPSA) is 85.5 Å². The van der Waals surface area contributed by atoms with Crippen LogP contribution in [0.1, 0.15) is 43.1 Å². The molecule has 28 heavy (non-hydrogen) atoms. The van der Waals surface area contributed by atoms with Crippen molar-refractivity contribution in [3.8, 4) is 0 Å². The number of hydrogen-bond donors (Lipinski definition) is 1. The van der Waals surface area contributed by atoms with Gasteiger partial charge in [0.05, 0.1) is 0 Å². The number of nitrogens with zero attached hydrogens (tertiary/aromatic N) is 3. The Morgan fingerprint density at radius 3 is 2.43 bits per heavy atom. The Morgan fingerprint density at radius 2 is 1.79 bits per heavy atom. The highest BCUT2D eigenvalue weighted by atomic mass is 16.2. The SMILES string of the molecule is CC(C)(C)c1ccc(C(=O)C(=O)NCCCn2nc3ccccn3c2=O)cc1. The highest BCUT2D eigenvalue weighted by molar-refractivity contribution is 6.42. The van der Waals surface area contributed by atoms with Crippen LogP contribution in [0.25, 0.3) is 5.65 Å². The maximum Gasteiger partial charge on any atom is 0.350 e. The lowest BCUT2D eigenvalue weighted by atomic mass is 9.86. The predicted molar refractivity (Wildman–Crippen MR) is 107 cm³/mol. The number of amides is 1. The molecule has 0 fully saturated rings. The van der Waals surface area contributed by atoms with Crippen molar-refractivity contribution in [2.75, 3.05) is 6.54 Å². The van der Waals surface area contributed by atoms with Gasteiger partial charge in [-0.3, -0.25) is 14.0 Å². The van der Waals surface area contributed by atoms with Crippen molar-refractivity contribution in [2.45, 2.75) is 39.2 Å². The number of carbonyl (C=O) groups is 2. The van der Waals surface area contributed by atoms with Gasteiger partial charge in [0.1, 0.15) is 0 Å². The first kappa shape index (κ1) is 19.5. The molecule has 1 N–H and O–H groups in total. The van der Waals surface area contributed by atoms with Gasteiger partial charge in [0.2, 0.25) is 5.78 Å². The number of carbonyl (C=O) groups excluding carboxylic acids is 2. The van der Waals surface area contributed by atoms with Crippen molar-refractivity contribution in [1.29, 1.82) is 0 Å². The van der Waals surface area contributed by atoms with Crippen LogP contribution in [0.4, 0.5) is 0 Å². The third kappa shape index (κ3) is 4.19. The van der Waals surface area contributed by atoms with Crippen LogP contribution in [0.3, 0.4) is 0 Å². The molecule has 0 saturated heterocycles. The number of pyridine rings is 1. The molecule has 3 aromatic rings. The Kier molecular flexibility index (Phi) is 5.44. The number of rotatable bonds is 6. The maximum absolute atomic E-state index is 12.3. The second-order valence-corrected chi connectivity index (χ2v) is 7.70. The van der Waals surface area contributed by atoms with Gasteiger partial charge in [0.25, 0.3) is 5.91 Å². The molecular weight excluding hydrogens is 356 g/mol. The standard InChI is InChI=1S/C21H24N4O3/c1-21(2,3)16-10-8-15(9-11-16)18(26)19(27)22-12-6-14-25-20(28)24-13-5-4-7-17(24)23-25/h4-5,7-11,13H,6,12,14H2,1-3H3,(H,22,27).